The lowest BCUT2D eigenvalue weighted by atomic mass is 10.2. The van der Waals surface area contributed by atoms with Gasteiger partial charge in [-0.15, -0.1) is 0 Å². The first-order valence-electron chi connectivity index (χ1n) is 6.41. The largest absolute Gasteiger partial charge is 0.399 e. The number of hydrogen-bond donors (Lipinski definition) is 1. The van der Waals surface area contributed by atoms with E-state index in [-0.39, 0.29) is 0 Å². The van der Waals surface area contributed by atoms with Crippen molar-refractivity contribution in [2.24, 2.45) is 0 Å². The smallest absolute Gasteiger partial charge is 0.0589 e. The Balaban J connectivity index is 2.58. The molecule has 1 aromatic rings. The Hall–Kier alpha value is -0.620. The molecule has 0 aliphatic carbocycles. The van der Waals surface area contributed by atoms with E-state index in [9.17, 15) is 0 Å². The molecule has 0 amide bonds. The summed E-state index contributed by atoms with van der Waals surface area (Å²) in [5.74, 6) is 0. The van der Waals surface area contributed by atoms with Crippen LogP contribution in [0.25, 0.3) is 0 Å². The van der Waals surface area contributed by atoms with E-state index in [1.165, 1.54) is 5.56 Å². The Labute approximate surface area is 124 Å². The molecular weight excluding hydrogens is 308 g/mol. The molecule has 0 saturated carbocycles. The number of hydrogen-bond acceptors (Lipinski definition) is 4. The molecule has 108 valence electrons. The summed E-state index contributed by atoms with van der Waals surface area (Å²) in [4.78, 5) is 2.36. The van der Waals surface area contributed by atoms with Crippen LogP contribution in [0.1, 0.15) is 12.0 Å². The third kappa shape index (κ3) is 6.38. The zero-order valence-corrected chi connectivity index (χ0v) is 13.3. The van der Waals surface area contributed by atoms with Gasteiger partial charge < -0.3 is 15.2 Å². The van der Waals surface area contributed by atoms with Gasteiger partial charge in [0.05, 0.1) is 6.61 Å². The SMILES string of the molecule is COCCCN(CCOC)Cc1ccc(N)cc1Br. The van der Waals surface area contributed by atoms with Crippen molar-refractivity contribution in [3.63, 3.8) is 0 Å². The van der Waals surface area contributed by atoms with Gasteiger partial charge in [0, 0.05) is 50.6 Å². The van der Waals surface area contributed by atoms with Gasteiger partial charge in [-0.2, -0.15) is 0 Å². The number of nitrogen functional groups attached to an aromatic ring is 1. The number of halogens is 1. The lowest BCUT2D eigenvalue weighted by Gasteiger charge is -2.22. The van der Waals surface area contributed by atoms with E-state index in [4.69, 9.17) is 15.2 Å². The molecule has 19 heavy (non-hydrogen) atoms. The molecule has 1 rings (SSSR count). The molecule has 0 bridgehead atoms. The summed E-state index contributed by atoms with van der Waals surface area (Å²) in [6.07, 6.45) is 1.02. The van der Waals surface area contributed by atoms with Crippen LogP contribution in [0.5, 0.6) is 0 Å². The monoisotopic (exact) mass is 330 g/mol. The molecule has 0 fully saturated rings. The molecule has 0 aliphatic rings. The van der Waals surface area contributed by atoms with Crippen LogP contribution >= 0.6 is 15.9 Å². The van der Waals surface area contributed by atoms with Crippen molar-refractivity contribution in [3.8, 4) is 0 Å². The van der Waals surface area contributed by atoms with Gasteiger partial charge in [-0.3, -0.25) is 4.90 Å². The second kappa shape index (κ2) is 9.31. The molecule has 0 heterocycles. The fourth-order valence-electron chi connectivity index (χ4n) is 1.86. The quantitative estimate of drug-likeness (QED) is 0.558. The predicted octanol–water partition coefficient (Wildman–Crippen LogP) is 2.52. The van der Waals surface area contributed by atoms with Crippen LogP contribution in [-0.4, -0.2) is 45.4 Å². The van der Waals surface area contributed by atoms with E-state index >= 15 is 0 Å². The Bertz CT molecular complexity index is 374. The Morgan fingerprint density at radius 1 is 1.16 bits per heavy atom. The van der Waals surface area contributed by atoms with Gasteiger partial charge in [-0.05, 0) is 24.1 Å². The Morgan fingerprint density at radius 3 is 2.53 bits per heavy atom. The topological polar surface area (TPSA) is 47.7 Å². The fourth-order valence-corrected chi connectivity index (χ4v) is 2.38. The molecule has 2 N–H and O–H groups in total. The molecule has 0 unspecified atom stereocenters. The molecule has 0 aromatic heterocycles. The Morgan fingerprint density at radius 2 is 1.89 bits per heavy atom. The molecule has 5 heteroatoms. The molecule has 1 aromatic carbocycles. The average molecular weight is 331 g/mol. The lowest BCUT2D eigenvalue weighted by Crippen LogP contribution is -2.29. The van der Waals surface area contributed by atoms with E-state index in [0.717, 1.165) is 49.4 Å². The highest BCUT2D eigenvalue weighted by molar-refractivity contribution is 9.10. The molecular formula is C14H23BrN2O2. The summed E-state index contributed by atoms with van der Waals surface area (Å²) in [6, 6.07) is 5.94. The molecule has 0 saturated heterocycles. The zero-order valence-electron chi connectivity index (χ0n) is 11.7. The maximum absolute atomic E-state index is 5.76. The van der Waals surface area contributed by atoms with Crippen molar-refractivity contribution >= 4 is 21.6 Å². The van der Waals surface area contributed by atoms with Gasteiger partial charge >= 0.3 is 0 Å². The van der Waals surface area contributed by atoms with Crippen molar-refractivity contribution in [2.45, 2.75) is 13.0 Å². The number of benzene rings is 1. The van der Waals surface area contributed by atoms with Crippen molar-refractivity contribution < 1.29 is 9.47 Å². The minimum atomic E-state index is 0.736. The highest BCUT2D eigenvalue weighted by Gasteiger charge is 2.08. The zero-order chi connectivity index (χ0) is 14.1. The lowest BCUT2D eigenvalue weighted by molar-refractivity contribution is 0.129. The minimum absolute atomic E-state index is 0.736. The Kier molecular flexibility index (Phi) is 8.05. The highest BCUT2D eigenvalue weighted by atomic mass is 79.9. The maximum Gasteiger partial charge on any atom is 0.0589 e. The summed E-state index contributed by atoms with van der Waals surface area (Å²) in [6.45, 7) is 4.31. The van der Waals surface area contributed by atoms with Crippen LogP contribution in [0.4, 0.5) is 5.69 Å². The molecule has 0 radical (unpaired) electrons. The molecule has 0 atom stereocenters. The van der Waals surface area contributed by atoms with Crippen LogP contribution < -0.4 is 5.73 Å². The number of ether oxygens (including phenoxy) is 2. The van der Waals surface area contributed by atoms with Crippen LogP contribution in [0.15, 0.2) is 22.7 Å². The third-order valence-corrected chi connectivity index (χ3v) is 3.64. The van der Waals surface area contributed by atoms with Crippen LogP contribution in [0.2, 0.25) is 0 Å². The van der Waals surface area contributed by atoms with Crippen molar-refractivity contribution in [1.82, 2.24) is 4.90 Å². The number of rotatable bonds is 9. The van der Waals surface area contributed by atoms with Crippen molar-refractivity contribution in [3.05, 3.63) is 28.2 Å². The number of nitrogens with two attached hydrogens (primary N) is 1. The van der Waals surface area contributed by atoms with Crippen molar-refractivity contribution in [2.75, 3.05) is 46.3 Å². The highest BCUT2D eigenvalue weighted by Crippen LogP contribution is 2.21. The summed E-state index contributed by atoms with van der Waals surface area (Å²) >= 11 is 3.56. The van der Waals surface area contributed by atoms with Crippen LogP contribution in [0.3, 0.4) is 0 Å². The molecule has 4 nitrogen and oxygen atoms in total. The van der Waals surface area contributed by atoms with E-state index in [1.54, 1.807) is 14.2 Å². The predicted molar refractivity (Wildman–Crippen MR) is 82.2 cm³/mol. The fraction of sp³-hybridized carbons (Fsp3) is 0.571. The third-order valence-electron chi connectivity index (χ3n) is 2.91. The minimum Gasteiger partial charge on any atom is -0.399 e. The van der Waals surface area contributed by atoms with Gasteiger partial charge in [-0.25, -0.2) is 0 Å². The summed E-state index contributed by atoms with van der Waals surface area (Å²) in [7, 11) is 3.46. The summed E-state index contributed by atoms with van der Waals surface area (Å²) < 4.78 is 11.3. The van der Waals surface area contributed by atoms with Gasteiger partial charge in [0.15, 0.2) is 0 Å². The molecule has 0 aliphatic heterocycles. The van der Waals surface area contributed by atoms with E-state index in [2.05, 4.69) is 26.9 Å². The van der Waals surface area contributed by atoms with Gasteiger partial charge in [0.25, 0.3) is 0 Å². The number of methoxy groups -OCH3 is 2. The van der Waals surface area contributed by atoms with E-state index < -0.39 is 0 Å². The van der Waals surface area contributed by atoms with E-state index in [0.29, 0.717) is 0 Å². The first-order chi connectivity index (χ1) is 9.17. The standard InChI is InChI=1S/C14H23BrN2O2/c1-18-8-3-6-17(7-9-19-2)11-12-4-5-13(16)10-14(12)15/h4-5,10H,3,6-9,11,16H2,1-2H3. The van der Waals surface area contributed by atoms with Gasteiger partial charge in [-0.1, -0.05) is 22.0 Å². The van der Waals surface area contributed by atoms with Gasteiger partial charge in [0.1, 0.15) is 0 Å². The second-order valence-electron chi connectivity index (χ2n) is 4.47. The normalized spacial score (nSPS) is 11.2. The van der Waals surface area contributed by atoms with Crippen LogP contribution in [0, 0.1) is 0 Å². The second-order valence-corrected chi connectivity index (χ2v) is 5.32. The summed E-state index contributed by atoms with van der Waals surface area (Å²) in [5, 5.41) is 0. The number of anilines is 1. The maximum atomic E-state index is 5.76. The summed E-state index contributed by atoms with van der Waals surface area (Å²) in [5.41, 5.74) is 7.77. The average Bonchev–Trinajstić information content (AvgIpc) is 2.39. The first kappa shape index (κ1) is 16.4. The van der Waals surface area contributed by atoms with E-state index in [1.807, 2.05) is 12.1 Å². The van der Waals surface area contributed by atoms with Crippen molar-refractivity contribution in [1.29, 1.82) is 0 Å². The number of nitrogens with zero attached hydrogens (tertiary/aromatic N) is 1. The van der Waals surface area contributed by atoms with Crippen LogP contribution in [-0.2, 0) is 16.0 Å². The molecule has 0 spiro atoms. The van der Waals surface area contributed by atoms with Gasteiger partial charge in [0.2, 0.25) is 0 Å². The first-order valence-corrected chi connectivity index (χ1v) is 7.20.